The number of carboxylic acid groups (broad SMARTS) is 1. The van der Waals surface area contributed by atoms with Crippen molar-refractivity contribution in [3.63, 3.8) is 0 Å². The van der Waals surface area contributed by atoms with E-state index in [9.17, 15) is 9.90 Å². The predicted molar refractivity (Wildman–Crippen MR) is 106 cm³/mol. The van der Waals surface area contributed by atoms with Gasteiger partial charge in [0.1, 0.15) is 11.8 Å². The van der Waals surface area contributed by atoms with Gasteiger partial charge in [0, 0.05) is 12.8 Å². The summed E-state index contributed by atoms with van der Waals surface area (Å²) in [5.41, 5.74) is 4.10. The van der Waals surface area contributed by atoms with E-state index in [2.05, 4.69) is 0 Å². The highest BCUT2D eigenvalue weighted by Gasteiger charge is 2.53. The third-order valence-electron chi connectivity index (χ3n) is 5.59. The van der Waals surface area contributed by atoms with Crippen LogP contribution in [0.25, 0.3) is 5.57 Å². The van der Waals surface area contributed by atoms with Crippen LogP contribution >= 0.6 is 0 Å². The largest absolute Gasteiger partial charge is 0.525 e. The monoisotopic (exact) mass is 407 g/mol. The molecule has 158 valence electrons. The average Bonchev–Trinajstić information content (AvgIpc) is 2.80. The number of hydrogen-bond donors (Lipinski definition) is 2. The molecule has 1 fully saturated rings. The Morgan fingerprint density at radius 3 is 2.34 bits per heavy atom. The molecule has 1 aromatic rings. The first kappa shape index (κ1) is 21.6. The standard InChI is InChI=1S/C20H27BFNO6/c1-19(2)20(3,4)29-21(28-19)17(22)13(11-14(23)18(24)25)12-6-7-15-16(10-12)27-9-5-8-26-15/h6-7,10,14H,5,8-9,11,23H2,1-4H3,(H,24,25). The van der Waals surface area contributed by atoms with E-state index in [0.717, 1.165) is 6.42 Å². The third-order valence-corrected chi connectivity index (χ3v) is 5.59. The van der Waals surface area contributed by atoms with E-state index in [-0.39, 0.29) is 12.0 Å². The Bertz CT molecular complexity index is 809. The SMILES string of the molecule is CC1(C)OB(C(F)=C(CC(N)C(=O)O)c2ccc3c(c2)OCCCO3)OC1(C)C. The molecule has 0 bridgehead atoms. The molecule has 2 aliphatic heterocycles. The second-order valence-electron chi connectivity index (χ2n) is 8.28. The summed E-state index contributed by atoms with van der Waals surface area (Å²) in [5.74, 6) is -0.189. The molecule has 0 spiro atoms. The number of rotatable bonds is 5. The second-order valence-corrected chi connectivity index (χ2v) is 8.28. The number of hydrogen-bond acceptors (Lipinski definition) is 6. The smallest absolute Gasteiger partial charge is 0.490 e. The lowest BCUT2D eigenvalue weighted by atomic mass is 9.81. The highest BCUT2D eigenvalue weighted by Crippen LogP contribution is 2.42. The van der Waals surface area contributed by atoms with Crippen molar-refractivity contribution >= 4 is 18.7 Å². The molecule has 2 heterocycles. The molecule has 0 aromatic heterocycles. The van der Waals surface area contributed by atoms with Crippen LogP contribution in [0.3, 0.4) is 0 Å². The Morgan fingerprint density at radius 1 is 1.17 bits per heavy atom. The Morgan fingerprint density at radius 2 is 1.76 bits per heavy atom. The van der Waals surface area contributed by atoms with Crippen molar-refractivity contribution in [3.8, 4) is 11.5 Å². The number of carboxylic acids is 1. The van der Waals surface area contributed by atoms with Gasteiger partial charge in [0.25, 0.3) is 0 Å². The lowest BCUT2D eigenvalue weighted by Gasteiger charge is -2.32. The summed E-state index contributed by atoms with van der Waals surface area (Å²) in [7, 11) is -1.26. The van der Waals surface area contributed by atoms with Crippen molar-refractivity contribution in [1.29, 1.82) is 0 Å². The first-order valence-electron chi connectivity index (χ1n) is 9.64. The fourth-order valence-corrected chi connectivity index (χ4v) is 3.10. The first-order valence-corrected chi connectivity index (χ1v) is 9.64. The van der Waals surface area contributed by atoms with Gasteiger partial charge in [-0.1, -0.05) is 6.07 Å². The fraction of sp³-hybridized carbons (Fsp3) is 0.550. The minimum absolute atomic E-state index is 0.106. The molecule has 0 aliphatic carbocycles. The van der Waals surface area contributed by atoms with Crippen LogP contribution in [-0.4, -0.2) is 48.7 Å². The molecule has 1 saturated heterocycles. The maximum absolute atomic E-state index is 15.6. The zero-order chi connectivity index (χ0) is 21.4. The summed E-state index contributed by atoms with van der Waals surface area (Å²) >= 11 is 0. The molecule has 0 saturated carbocycles. The highest BCUT2D eigenvalue weighted by atomic mass is 19.1. The second kappa shape index (κ2) is 7.97. The van der Waals surface area contributed by atoms with Crippen LogP contribution in [0.4, 0.5) is 4.39 Å². The van der Waals surface area contributed by atoms with Crippen molar-refractivity contribution in [2.24, 2.45) is 5.73 Å². The number of fused-ring (bicyclic) bond motifs is 1. The summed E-state index contributed by atoms with van der Waals surface area (Å²) < 4.78 is 38.5. The Kier molecular flexibility index (Phi) is 5.94. The van der Waals surface area contributed by atoms with E-state index in [0.29, 0.717) is 30.3 Å². The van der Waals surface area contributed by atoms with Gasteiger partial charge in [0.15, 0.2) is 11.5 Å². The van der Waals surface area contributed by atoms with Gasteiger partial charge in [-0.25, -0.2) is 4.39 Å². The maximum Gasteiger partial charge on any atom is 0.525 e. The summed E-state index contributed by atoms with van der Waals surface area (Å²) in [6, 6.07) is 3.69. The van der Waals surface area contributed by atoms with E-state index in [1.807, 2.05) is 27.7 Å². The molecule has 1 atom stereocenters. The van der Waals surface area contributed by atoms with Crippen LogP contribution in [0.15, 0.2) is 23.9 Å². The summed E-state index contributed by atoms with van der Waals surface area (Å²) in [4.78, 5) is 11.3. The van der Waals surface area contributed by atoms with E-state index in [1.165, 1.54) is 0 Å². The van der Waals surface area contributed by atoms with Gasteiger partial charge in [-0.05, 0) is 51.0 Å². The molecule has 2 aliphatic rings. The molecular formula is C20H27BFNO6. The molecule has 3 rings (SSSR count). The van der Waals surface area contributed by atoms with E-state index in [1.54, 1.807) is 18.2 Å². The zero-order valence-corrected chi connectivity index (χ0v) is 17.2. The molecular weight excluding hydrogens is 380 g/mol. The van der Waals surface area contributed by atoms with Crippen LogP contribution in [-0.2, 0) is 14.1 Å². The summed E-state index contributed by atoms with van der Waals surface area (Å²) in [6.45, 7) is 8.27. The lowest BCUT2D eigenvalue weighted by molar-refractivity contribution is -0.138. The van der Waals surface area contributed by atoms with Gasteiger partial charge in [-0.3, -0.25) is 4.79 Å². The van der Waals surface area contributed by atoms with E-state index < -0.39 is 36.1 Å². The van der Waals surface area contributed by atoms with Crippen LogP contribution in [0.5, 0.6) is 11.5 Å². The molecule has 0 amide bonds. The number of carbonyl (C=O) groups is 1. The van der Waals surface area contributed by atoms with Crippen LogP contribution < -0.4 is 15.2 Å². The normalized spacial score (nSPS) is 21.9. The number of nitrogens with two attached hydrogens (primary N) is 1. The number of aliphatic carboxylic acids is 1. The number of ether oxygens (including phenoxy) is 2. The fourth-order valence-electron chi connectivity index (χ4n) is 3.10. The third kappa shape index (κ3) is 4.41. The van der Waals surface area contributed by atoms with Crippen LogP contribution in [0.1, 0.15) is 46.1 Å². The summed E-state index contributed by atoms with van der Waals surface area (Å²) in [5, 5.41) is 9.24. The van der Waals surface area contributed by atoms with Crippen molar-refractivity contribution in [2.75, 3.05) is 13.2 Å². The molecule has 9 heteroatoms. The lowest BCUT2D eigenvalue weighted by Crippen LogP contribution is -2.41. The van der Waals surface area contributed by atoms with Crippen molar-refractivity contribution in [1.82, 2.24) is 0 Å². The van der Waals surface area contributed by atoms with Gasteiger partial charge in [-0.2, -0.15) is 0 Å². The average molecular weight is 407 g/mol. The number of halogens is 1. The van der Waals surface area contributed by atoms with Crippen LogP contribution in [0, 0.1) is 0 Å². The summed E-state index contributed by atoms with van der Waals surface area (Å²) in [6.07, 6.45) is 0.504. The Labute approximate surface area is 170 Å². The van der Waals surface area contributed by atoms with Crippen molar-refractivity contribution in [3.05, 3.63) is 29.5 Å². The number of benzene rings is 1. The molecule has 7 nitrogen and oxygen atoms in total. The molecule has 0 radical (unpaired) electrons. The van der Waals surface area contributed by atoms with Gasteiger partial charge < -0.3 is 29.6 Å². The minimum atomic E-state index is -1.28. The Hall–Kier alpha value is -2.10. The maximum atomic E-state index is 15.6. The molecule has 1 aromatic carbocycles. The van der Waals surface area contributed by atoms with Gasteiger partial charge >= 0.3 is 13.1 Å². The van der Waals surface area contributed by atoms with Crippen LogP contribution in [0.2, 0.25) is 0 Å². The first-order chi connectivity index (χ1) is 13.5. The zero-order valence-electron chi connectivity index (χ0n) is 17.2. The van der Waals surface area contributed by atoms with Crippen molar-refractivity contribution in [2.45, 2.75) is 57.8 Å². The van der Waals surface area contributed by atoms with E-state index >= 15 is 4.39 Å². The molecule has 1 unspecified atom stereocenters. The van der Waals surface area contributed by atoms with Gasteiger partial charge in [-0.15, -0.1) is 0 Å². The van der Waals surface area contributed by atoms with Gasteiger partial charge in [0.2, 0.25) is 0 Å². The topological polar surface area (TPSA) is 100 Å². The van der Waals surface area contributed by atoms with E-state index in [4.69, 9.17) is 24.5 Å². The van der Waals surface area contributed by atoms with Gasteiger partial charge in [0.05, 0.1) is 24.4 Å². The molecule has 29 heavy (non-hydrogen) atoms. The molecule has 3 N–H and O–H groups in total. The quantitative estimate of drug-likeness (QED) is 0.724. The minimum Gasteiger partial charge on any atom is -0.490 e. The van der Waals surface area contributed by atoms with Crippen molar-refractivity contribution < 1.29 is 33.1 Å². The predicted octanol–water partition coefficient (Wildman–Crippen LogP) is 2.96. The Balaban J connectivity index is 2.02. The highest BCUT2D eigenvalue weighted by molar-refractivity contribution is 6.55.